The van der Waals surface area contributed by atoms with Crippen LogP contribution in [0.3, 0.4) is 0 Å². The van der Waals surface area contributed by atoms with Crippen LogP contribution in [0.2, 0.25) is 0 Å². The summed E-state index contributed by atoms with van der Waals surface area (Å²) in [5, 5.41) is 2.78. The van der Waals surface area contributed by atoms with Crippen molar-refractivity contribution in [1.82, 2.24) is 0 Å². The highest BCUT2D eigenvalue weighted by molar-refractivity contribution is 6.09. The van der Waals surface area contributed by atoms with Crippen LogP contribution in [-0.2, 0) is 0 Å². The summed E-state index contributed by atoms with van der Waals surface area (Å²) in [6, 6.07) is 14.3. The molecule has 0 fully saturated rings. The molecule has 0 unspecified atom stereocenters. The molecule has 108 valence electrons. The molecule has 1 N–H and O–H groups in total. The van der Waals surface area contributed by atoms with E-state index in [4.69, 9.17) is 0 Å². The number of hydrogen-bond acceptors (Lipinski definition) is 3. The van der Waals surface area contributed by atoms with Crippen LogP contribution in [0.15, 0.2) is 48.5 Å². The lowest BCUT2D eigenvalue weighted by Crippen LogP contribution is -2.15. The summed E-state index contributed by atoms with van der Waals surface area (Å²) in [7, 11) is 3.89. The third-order valence-corrected chi connectivity index (χ3v) is 3.20. The summed E-state index contributed by atoms with van der Waals surface area (Å²) in [6.45, 7) is 1.48. The first-order valence-corrected chi connectivity index (χ1v) is 6.67. The average Bonchev–Trinajstić information content (AvgIpc) is 2.47. The van der Waals surface area contributed by atoms with Gasteiger partial charge >= 0.3 is 0 Å². The maximum Gasteiger partial charge on any atom is 0.255 e. The van der Waals surface area contributed by atoms with Crippen LogP contribution >= 0.6 is 0 Å². The number of anilines is 2. The topological polar surface area (TPSA) is 49.4 Å². The van der Waals surface area contributed by atoms with E-state index in [0.29, 0.717) is 16.8 Å². The van der Waals surface area contributed by atoms with Gasteiger partial charge in [-0.15, -0.1) is 0 Å². The zero-order valence-corrected chi connectivity index (χ0v) is 12.4. The number of ketones is 1. The highest BCUT2D eigenvalue weighted by Crippen LogP contribution is 2.18. The second-order valence-electron chi connectivity index (χ2n) is 5.00. The van der Waals surface area contributed by atoms with Gasteiger partial charge in [0.05, 0.1) is 5.69 Å². The summed E-state index contributed by atoms with van der Waals surface area (Å²) < 4.78 is 0. The SMILES string of the molecule is CC(=O)c1ccccc1NC(=O)c1ccc(N(C)C)cc1. The molecule has 2 aromatic rings. The lowest BCUT2D eigenvalue weighted by atomic mass is 10.1. The molecule has 0 spiro atoms. The van der Waals surface area contributed by atoms with Gasteiger partial charge in [0.25, 0.3) is 5.91 Å². The quantitative estimate of drug-likeness (QED) is 0.876. The van der Waals surface area contributed by atoms with Crippen LogP contribution in [0.5, 0.6) is 0 Å². The van der Waals surface area contributed by atoms with Gasteiger partial charge in [0.2, 0.25) is 0 Å². The number of hydrogen-bond donors (Lipinski definition) is 1. The van der Waals surface area contributed by atoms with Gasteiger partial charge in [-0.3, -0.25) is 9.59 Å². The molecule has 0 saturated carbocycles. The number of carbonyl (C=O) groups is 2. The Kier molecular flexibility index (Phi) is 4.38. The molecule has 0 atom stereocenters. The van der Waals surface area contributed by atoms with Gasteiger partial charge in [0.15, 0.2) is 5.78 Å². The Bertz CT molecular complexity index is 661. The van der Waals surface area contributed by atoms with Gasteiger partial charge < -0.3 is 10.2 Å². The van der Waals surface area contributed by atoms with E-state index in [1.165, 1.54) is 6.92 Å². The van der Waals surface area contributed by atoms with Crippen molar-refractivity contribution in [2.45, 2.75) is 6.92 Å². The number of nitrogens with zero attached hydrogens (tertiary/aromatic N) is 1. The minimum absolute atomic E-state index is 0.0751. The predicted octanol–water partition coefficient (Wildman–Crippen LogP) is 3.21. The molecule has 0 bridgehead atoms. The maximum absolute atomic E-state index is 12.2. The van der Waals surface area contributed by atoms with E-state index in [1.807, 2.05) is 31.1 Å². The molecule has 0 radical (unpaired) electrons. The van der Waals surface area contributed by atoms with E-state index in [-0.39, 0.29) is 11.7 Å². The van der Waals surface area contributed by atoms with Crippen molar-refractivity contribution < 1.29 is 9.59 Å². The lowest BCUT2D eigenvalue weighted by Gasteiger charge is -2.13. The van der Waals surface area contributed by atoms with Crippen molar-refractivity contribution >= 4 is 23.1 Å². The normalized spacial score (nSPS) is 10.0. The summed E-state index contributed by atoms with van der Waals surface area (Å²) in [6.07, 6.45) is 0. The Morgan fingerprint density at radius 1 is 0.952 bits per heavy atom. The van der Waals surface area contributed by atoms with Gasteiger partial charge in [-0.2, -0.15) is 0 Å². The van der Waals surface area contributed by atoms with Crippen LogP contribution < -0.4 is 10.2 Å². The van der Waals surface area contributed by atoms with Crippen molar-refractivity contribution in [3.05, 3.63) is 59.7 Å². The smallest absolute Gasteiger partial charge is 0.255 e. The molecular formula is C17H18N2O2. The van der Waals surface area contributed by atoms with Crippen LogP contribution in [0.25, 0.3) is 0 Å². The fourth-order valence-electron chi connectivity index (χ4n) is 2.00. The molecule has 0 aliphatic rings. The first-order valence-electron chi connectivity index (χ1n) is 6.67. The second kappa shape index (κ2) is 6.22. The Labute approximate surface area is 124 Å². The monoisotopic (exact) mass is 282 g/mol. The van der Waals surface area contributed by atoms with Gasteiger partial charge in [-0.25, -0.2) is 0 Å². The number of amides is 1. The molecule has 0 aliphatic heterocycles. The Balaban J connectivity index is 2.20. The molecule has 21 heavy (non-hydrogen) atoms. The molecule has 2 aromatic carbocycles. The van der Waals surface area contributed by atoms with Gasteiger partial charge in [-0.05, 0) is 43.3 Å². The summed E-state index contributed by atoms with van der Waals surface area (Å²) in [4.78, 5) is 25.7. The number of para-hydroxylation sites is 1. The molecule has 0 saturated heterocycles. The van der Waals surface area contributed by atoms with E-state index >= 15 is 0 Å². The zero-order chi connectivity index (χ0) is 15.4. The number of benzene rings is 2. The number of carbonyl (C=O) groups excluding carboxylic acids is 2. The predicted molar refractivity (Wildman–Crippen MR) is 85.2 cm³/mol. The molecule has 0 heterocycles. The highest BCUT2D eigenvalue weighted by Gasteiger charge is 2.11. The van der Waals surface area contributed by atoms with Crippen molar-refractivity contribution in [3.63, 3.8) is 0 Å². The fraction of sp³-hybridized carbons (Fsp3) is 0.176. The van der Waals surface area contributed by atoms with E-state index in [0.717, 1.165) is 5.69 Å². The minimum atomic E-state index is -0.228. The largest absolute Gasteiger partial charge is 0.378 e. The second-order valence-corrected chi connectivity index (χ2v) is 5.00. The first kappa shape index (κ1) is 14.8. The molecular weight excluding hydrogens is 264 g/mol. The van der Waals surface area contributed by atoms with Crippen molar-refractivity contribution in [2.75, 3.05) is 24.3 Å². The summed E-state index contributed by atoms with van der Waals surface area (Å²) in [5.41, 5.74) is 2.62. The van der Waals surface area contributed by atoms with Crippen molar-refractivity contribution in [3.8, 4) is 0 Å². The molecule has 4 nitrogen and oxygen atoms in total. The standard InChI is InChI=1S/C17H18N2O2/c1-12(20)15-6-4-5-7-16(15)18-17(21)13-8-10-14(11-9-13)19(2)3/h4-11H,1-3H3,(H,18,21). The van der Waals surface area contributed by atoms with E-state index in [1.54, 1.807) is 36.4 Å². The van der Waals surface area contributed by atoms with Gasteiger partial charge in [0.1, 0.15) is 0 Å². The van der Waals surface area contributed by atoms with Crippen molar-refractivity contribution in [1.29, 1.82) is 0 Å². The molecule has 1 amide bonds. The zero-order valence-electron chi connectivity index (χ0n) is 12.4. The first-order chi connectivity index (χ1) is 9.99. The number of Topliss-reactive ketones (excluding diaryl/α,β-unsaturated/α-hetero) is 1. The van der Waals surface area contributed by atoms with Crippen molar-refractivity contribution in [2.24, 2.45) is 0 Å². The van der Waals surface area contributed by atoms with Crippen LogP contribution in [0, 0.1) is 0 Å². The molecule has 4 heteroatoms. The van der Waals surface area contributed by atoms with Crippen LogP contribution in [0.1, 0.15) is 27.6 Å². The third kappa shape index (κ3) is 3.48. The number of nitrogens with one attached hydrogen (secondary N) is 1. The third-order valence-electron chi connectivity index (χ3n) is 3.20. The van der Waals surface area contributed by atoms with E-state index < -0.39 is 0 Å². The van der Waals surface area contributed by atoms with Crippen LogP contribution in [0.4, 0.5) is 11.4 Å². The summed E-state index contributed by atoms with van der Waals surface area (Å²) in [5.74, 6) is -0.303. The van der Waals surface area contributed by atoms with E-state index in [2.05, 4.69) is 5.32 Å². The van der Waals surface area contributed by atoms with Crippen LogP contribution in [-0.4, -0.2) is 25.8 Å². The van der Waals surface area contributed by atoms with Gasteiger partial charge in [0, 0.05) is 30.9 Å². The molecule has 2 rings (SSSR count). The highest BCUT2D eigenvalue weighted by atomic mass is 16.1. The Morgan fingerprint density at radius 2 is 1.57 bits per heavy atom. The maximum atomic E-state index is 12.2. The number of rotatable bonds is 4. The molecule has 0 aliphatic carbocycles. The molecule has 0 aromatic heterocycles. The van der Waals surface area contributed by atoms with E-state index in [9.17, 15) is 9.59 Å². The fourth-order valence-corrected chi connectivity index (χ4v) is 2.00. The Hall–Kier alpha value is -2.62. The average molecular weight is 282 g/mol. The van der Waals surface area contributed by atoms with Gasteiger partial charge in [-0.1, -0.05) is 12.1 Å². The summed E-state index contributed by atoms with van der Waals surface area (Å²) >= 11 is 0. The minimum Gasteiger partial charge on any atom is -0.378 e. The Morgan fingerprint density at radius 3 is 2.14 bits per heavy atom. The lowest BCUT2D eigenvalue weighted by molar-refractivity contribution is 0.101.